The molecule has 7 nitrogen and oxygen atoms in total. The van der Waals surface area contributed by atoms with Crippen molar-refractivity contribution in [3.05, 3.63) is 48.8 Å². The zero-order chi connectivity index (χ0) is 18.4. The largest absolute Gasteiger partial charge is 0.483 e. The van der Waals surface area contributed by atoms with Crippen LogP contribution < -0.4 is 14.8 Å². The van der Waals surface area contributed by atoms with Crippen LogP contribution in [0.5, 0.6) is 11.6 Å². The maximum absolute atomic E-state index is 12.2. The van der Waals surface area contributed by atoms with Gasteiger partial charge in [0.25, 0.3) is 5.91 Å². The number of carbonyl (C=O) groups excluding carboxylic acids is 1. The Hall–Kier alpha value is -3.06. The van der Waals surface area contributed by atoms with Gasteiger partial charge in [-0.3, -0.25) is 4.79 Å². The fourth-order valence-electron chi connectivity index (χ4n) is 2.68. The summed E-state index contributed by atoms with van der Waals surface area (Å²) in [6, 6.07) is 11.2. The number of hydrogen-bond acceptors (Lipinski definition) is 5. The molecule has 0 spiro atoms. The van der Waals surface area contributed by atoms with Crippen LogP contribution in [-0.4, -0.2) is 42.9 Å². The first-order valence-electron chi connectivity index (χ1n) is 8.21. The third-order valence-electron chi connectivity index (χ3n) is 3.91. The van der Waals surface area contributed by atoms with E-state index in [9.17, 15) is 4.79 Å². The summed E-state index contributed by atoms with van der Waals surface area (Å²) in [6.07, 6.45) is 3.58. The molecule has 136 valence electrons. The average molecular weight is 355 g/mol. The van der Waals surface area contributed by atoms with Crippen LogP contribution in [0.1, 0.15) is 0 Å². The van der Waals surface area contributed by atoms with Crippen LogP contribution in [0.15, 0.2) is 48.8 Å². The van der Waals surface area contributed by atoms with Crippen LogP contribution >= 0.6 is 0 Å². The van der Waals surface area contributed by atoms with Gasteiger partial charge in [-0.05, 0) is 30.3 Å². The zero-order valence-electron chi connectivity index (χ0n) is 14.8. The van der Waals surface area contributed by atoms with Gasteiger partial charge in [0.05, 0.1) is 19.2 Å². The summed E-state index contributed by atoms with van der Waals surface area (Å²) < 4.78 is 18.1. The molecule has 1 aromatic carbocycles. The minimum atomic E-state index is -0.285. The van der Waals surface area contributed by atoms with Crippen molar-refractivity contribution >= 4 is 22.5 Å². The Balaban J connectivity index is 1.67. The van der Waals surface area contributed by atoms with E-state index in [0.717, 1.165) is 17.4 Å². The molecule has 2 aromatic heterocycles. The number of amides is 1. The number of nitrogens with zero attached hydrogens (tertiary/aromatic N) is 2. The fourth-order valence-corrected chi connectivity index (χ4v) is 2.68. The van der Waals surface area contributed by atoms with E-state index in [-0.39, 0.29) is 12.5 Å². The molecule has 7 heteroatoms. The normalized spacial score (nSPS) is 10.7. The van der Waals surface area contributed by atoms with Gasteiger partial charge in [0.1, 0.15) is 11.4 Å². The van der Waals surface area contributed by atoms with Crippen molar-refractivity contribution in [1.82, 2.24) is 9.55 Å². The molecule has 0 radical (unpaired) electrons. The Kier molecular flexibility index (Phi) is 5.70. The molecule has 0 aliphatic carbocycles. The average Bonchev–Trinajstić information content (AvgIpc) is 3.09. The van der Waals surface area contributed by atoms with Gasteiger partial charge in [-0.1, -0.05) is 6.07 Å². The number of nitrogens with one attached hydrogen (secondary N) is 1. The van der Waals surface area contributed by atoms with E-state index in [0.29, 0.717) is 23.9 Å². The number of fused-ring (bicyclic) bond motifs is 1. The van der Waals surface area contributed by atoms with Gasteiger partial charge in [-0.15, -0.1) is 0 Å². The highest BCUT2D eigenvalue weighted by Gasteiger charge is 2.11. The first-order chi connectivity index (χ1) is 12.7. The minimum absolute atomic E-state index is 0.111. The van der Waals surface area contributed by atoms with Gasteiger partial charge < -0.3 is 24.1 Å². The lowest BCUT2D eigenvalue weighted by Gasteiger charge is -2.11. The van der Waals surface area contributed by atoms with Gasteiger partial charge in [0.2, 0.25) is 5.88 Å². The van der Waals surface area contributed by atoms with E-state index in [1.54, 1.807) is 25.4 Å². The van der Waals surface area contributed by atoms with E-state index in [2.05, 4.69) is 14.9 Å². The predicted octanol–water partition coefficient (Wildman–Crippen LogP) is 2.71. The summed E-state index contributed by atoms with van der Waals surface area (Å²) in [7, 11) is 3.18. The molecule has 3 rings (SSSR count). The number of methoxy groups -OCH3 is 2. The van der Waals surface area contributed by atoms with Crippen LogP contribution in [0.4, 0.5) is 5.69 Å². The number of ether oxygens (including phenoxy) is 3. The Labute approximate surface area is 151 Å². The monoisotopic (exact) mass is 355 g/mol. The lowest BCUT2D eigenvalue weighted by atomic mass is 10.2. The second-order valence-electron chi connectivity index (χ2n) is 5.59. The number of benzene rings is 1. The quantitative estimate of drug-likeness (QED) is 0.672. The molecule has 0 aliphatic rings. The van der Waals surface area contributed by atoms with Crippen molar-refractivity contribution in [2.24, 2.45) is 0 Å². The SMILES string of the molecule is COCCn1ccc2c(OCC(=O)Nc3cccnc3OC)cccc21. The predicted molar refractivity (Wildman–Crippen MR) is 98.7 cm³/mol. The maximum atomic E-state index is 12.2. The van der Waals surface area contributed by atoms with Crippen molar-refractivity contribution < 1.29 is 19.0 Å². The molecule has 0 fully saturated rings. The minimum Gasteiger partial charge on any atom is -0.483 e. The topological polar surface area (TPSA) is 74.6 Å². The van der Waals surface area contributed by atoms with Crippen molar-refractivity contribution in [2.45, 2.75) is 6.54 Å². The molecule has 0 saturated carbocycles. The lowest BCUT2D eigenvalue weighted by Crippen LogP contribution is -2.20. The molecule has 0 bridgehead atoms. The molecule has 0 unspecified atom stereocenters. The van der Waals surface area contributed by atoms with Crippen molar-refractivity contribution in [3.63, 3.8) is 0 Å². The van der Waals surface area contributed by atoms with Crippen LogP contribution in [0.3, 0.4) is 0 Å². The standard InChI is InChI=1S/C19H21N3O4/c1-24-12-11-22-10-8-14-16(22)6-3-7-17(14)26-13-18(23)21-15-5-4-9-20-19(15)25-2/h3-10H,11-13H2,1-2H3,(H,21,23). The highest BCUT2D eigenvalue weighted by molar-refractivity contribution is 5.93. The third kappa shape index (κ3) is 3.94. The highest BCUT2D eigenvalue weighted by atomic mass is 16.5. The number of rotatable bonds is 8. The van der Waals surface area contributed by atoms with Gasteiger partial charge in [0, 0.05) is 31.4 Å². The van der Waals surface area contributed by atoms with Crippen LogP contribution in [0.2, 0.25) is 0 Å². The smallest absolute Gasteiger partial charge is 0.262 e. The summed E-state index contributed by atoms with van der Waals surface area (Å²) in [6.45, 7) is 1.27. The van der Waals surface area contributed by atoms with Gasteiger partial charge in [0.15, 0.2) is 6.61 Å². The Morgan fingerprint density at radius 1 is 1.19 bits per heavy atom. The molecular weight excluding hydrogens is 334 g/mol. The lowest BCUT2D eigenvalue weighted by molar-refractivity contribution is -0.118. The summed E-state index contributed by atoms with van der Waals surface area (Å²) in [5.41, 5.74) is 1.54. The van der Waals surface area contributed by atoms with Gasteiger partial charge in [-0.2, -0.15) is 0 Å². The summed E-state index contributed by atoms with van der Waals surface area (Å²) in [5, 5.41) is 3.69. The molecule has 1 N–H and O–H groups in total. The molecule has 26 heavy (non-hydrogen) atoms. The number of pyridine rings is 1. The number of carbonyl (C=O) groups is 1. The molecule has 2 heterocycles. The van der Waals surface area contributed by atoms with E-state index >= 15 is 0 Å². The summed E-state index contributed by atoms with van der Waals surface area (Å²) >= 11 is 0. The zero-order valence-corrected chi connectivity index (χ0v) is 14.8. The Bertz CT molecular complexity index is 891. The number of aromatic nitrogens is 2. The van der Waals surface area contributed by atoms with Crippen molar-refractivity contribution in [3.8, 4) is 11.6 Å². The second-order valence-corrected chi connectivity index (χ2v) is 5.59. The van der Waals surface area contributed by atoms with Crippen LogP contribution in [0, 0.1) is 0 Å². The molecule has 1 amide bonds. The molecule has 0 saturated heterocycles. The highest BCUT2D eigenvalue weighted by Crippen LogP contribution is 2.27. The second kappa shape index (κ2) is 8.35. The Morgan fingerprint density at radius 3 is 2.88 bits per heavy atom. The first kappa shape index (κ1) is 17.8. The maximum Gasteiger partial charge on any atom is 0.262 e. The summed E-state index contributed by atoms with van der Waals surface area (Å²) in [5.74, 6) is 0.734. The van der Waals surface area contributed by atoms with Crippen LogP contribution in [-0.2, 0) is 16.1 Å². The first-order valence-corrected chi connectivity index (χ1v) is 8.21. The van der Waals surface area contributed by atoms with Crippen LogP contribution in [0.25, 0.3) is 10.9 Å². The third-order valence-corrected chi connectivity index (χ3v) is 3.91. The van der Waals surface area contributed by atoms with Crippen molar-refractivity contribution in [2.75, 3.05) is 32.8 Å². The number of anilines is 1. The van der Waals surface area contributed by atoms with E-state index < -0.39 is 0 Å². The van der Waals surface area contributed by atoms with E-state index in [4.69, 9.17) is 14.2 Å². The van der Waals surface area contributed by atoms with E-state index in [1.165, 1.54) is 7.11 Å². The Morgan fingerprint density at radius 2 is 2.08 bits per heavy atom. The molecule has 0 atom stereocenters. The van der Waals surface area contributed by atoms with E-state index in [1.807, 2.05) is 30.5 Å². The van der Waals surface area contributed by atoms with Gasteiger partial charge in [-0.25, -0.2) is 4.98 Å². The molecule has 0 aliphatic heterocycles. The molecular formula is C19H21N3O4. The fraction of sp³-hybridized carbons (Fsp3) is 0.263. The molecule has 3 aromatic rings. The van der Waals surface area contributed by atoms with Gasteiger partial charge >= 0.3 is 0 Å². The summed E-state index contributed by atoms with van der Waals surface area (Å²) in [4.78, 5) is 16.2. The van der Waals surface area contributed by atoms with Crippen molar-refractivity contribution in [1.29, 1.82) is 0 Å². The number of hydrogen-bond donors (Lipinski definition) is 1.